The molecule has 2 aromatic rings. The number of aryl methyl sites for hydroxylation is 1. The Balaban J connectivity index is 2.47. The molecule has 1 atom stereocenters. The van der Waals surface area contributed by atoms with Gasteiger partial charge in [0.1, 0.15) is 6.04 Å². The number of fused-ring (bicyclic) bond motifs is 1. The lowest BCUT2D eigenvalue weighted by Gasteiger charge is -2.24. The molecule has 0 aliphatic rings. The van der Waals surface area contributed by atoms with Gasteiger partial charge in [-0.15, -0.1) is 0 Å². The fourth-order valence-electron chi connectivity index (χ4n) is 2.32. The molecule has 1 unspecified atom stereocenters. The van der Waals surface area contributed by atoms with Gasteiger partial charge in [0.2, 0.25) is 11.9 Å². The minimum atomic E-state index is -0.402. The zero-order valence-corrected chi connectivity index (χ0v) is 12.7. The largest absolute Gasteiger partial charge is 0.369 e. The molecule has 5 nitrogen and oxygen atoms in total. The van der Waals surface area contributed by atoms with Gasteiger partial charge in [-0.1, -0.05) is 12.1 Å². The zero-order valence-electron chi connectivity index (χ0n) is 12.7. The van der Waals surface area contributed by atoms with Crippen LogP contribution in [-0.4, -0.2) is 21.0 Å². The van der Waals surface area contributed by atoms with E-state index in [-0.39, 0.29) is 11.4 Å². The van der Waals surface area contributed by atoms with E-state index in [1.807, 2.05) is 52.8 Å². The van der Waals surface area contributed by atoms with Gasteiger partial charge in [0, 0.05) is 5.54 Å². The first-order valence-corrected chi connectivity index (χ1v) is 6.76. The fraction of sp³-hybridized carbons (Fsp3) is 0.467. The van der Waals surface area contributed by atoms with Crippen LogP contribution in [0.4, 0.5) is 5.95 Å². The van der Waals surface area contributed by atoms with Crippen LogP contribution in [0.15, 0.2) is 18.2 Å². The molecule has 0 aliphatic heterocycles. The normalized spacial score (nSPS) is 13.4. The molecule has 1 heterocycles. The molecular weight excluding hydrogens is 252 g/mol. The maximum atomic E-state index is 12.3. The van der Waals surface area contributed by atoms with Crippen LogP contribution in [0.25, 0.3) is 11.0 Å². The number of anilines is 1. The molecule has 5 heteroatoms. The third-order valence-electron chi connectivity index (χ3n) is 3.20. The highest BCUT2D eigenvalue weighted by Crippen LogP contribution is 2.25. The number of nitrogen functional groups attached to an aromatic ring is 1. The summed E-state index contributed by atoms with van der Waals surface area (Å²) in [6.45, 7) is 9.70. The van der Waals surface area contributed by atoms with Crippen LogP contribution < -0.4 is 11.1 Å². The highest BCUT2D eigenvalue weighted by molar-refractivity contribution is 5.87. The fourth-order valence-corrected chi connectivity index (χ4v) is 2.32. The summed E-state index contributed by atoms with van der Waals surface area (Å²) >= 11 is 0. The third-order valence-corrected chi connectivity index (χ3v) is 3.20. The summed E-state index contributed by atoms with van der Waals surface area (Å²) in [5.74, 6) is 0.303. The SMILES string of the molecule is Cc1cccc2nc(N)n(C(C)C(=O)NC(C)(C)C)c12. The first-order valence-electron chi connectivity index (χ1n) is 6.76. The number of carbonyl (C=O) groups excluding carboxylic acids is 1. The lowest BCUT2D eigenvalue weighted by Crippen LogP contribution is -2.43. The van der Waals surface area contributed by atoms with Gasteiger partial charge in [0.15, 0.2) is 0 Å². The number of hydrogen-bond acceptors (Lipinski definition) is 3. The standard InChI is InChI=1S/C15H22N4O/c1-9-7-6-8-11-12(9)19(14(16)17-11)10(2)13(20)18-15(3,4)5/h6-8,10H,1-5H3,(H2,16,17)(H,18,20). The van der Waals surface area contributed by atoms with E-state index in [1.54, 1.807) is 4.57 Å². The van der Waals surface area contributed by atoms with E-state index >= 15 is 0 Å². The summed E-state index contributed by atoms with van der Waals surface area (Å²) in [6, 6.07) is 5.44. The predicted octanol–water partition coefficient (Wildman–Crippen LogP) is 2.40. The molecule has 2 rings (SSSR count). The van der Waals surface area contributed by atoms with Gasteiger partial charge in [0.05, 0.1) is 11.0 Å². The Bertz CT molecular complexity index is 652. The van der Waals surface area contributed by atoms with Crippen LogP contribution in [0.3, 0.4) is 0 Å². The van der Waals surface area contributed by atoms with Crippen LogP contribution in [0.5, 0.6) is 0 Å². The molecule has 108 valence electrons. The predicted molar refractivity (Wildman–Crippen MR) is 81.5 cm³/mol. The molecule has 0 aliphatic carbocycles. The second kappa shape index (κ2) is 4.81. The Labute approximate surface area is 119 Å². The van der Waals surface area contributed by atoms with Gasteiger partial charge in [-0.25, -0.2) is 4.98 Å². The number of nitrogens with one attached hydrogen (secondary N) is 1. The van der Waals surface area contributed by atoms with Crippen molar-refractivity contribution in [3.63, 3.8) is 0 Å². The molecule has 0 spiro atoms. The molecule has 1 aromatic heterocycles. The lowest BCUT2D eigenvalue weighted by molar-refractivity contribution is -0.125. The molecule has 0 saturated heterocycles. The van der Waals surface area contributed by atoms with Gasteiger partial charge in [-0.2, -0.15) is 0 Å². The van der Waals surface area contributed by atoms with E-state index in [2.05, 4.69) is 10.3 Å². The number of aromatic nitrogens is 2. The number of nitrogens with zero attached hydrogens (tertiary/aromatic N) is 2. The second-order valence-corrected chi connectivity index (χ2v) is 6.20. The van der Waals surface area contributed by atoms with E-state index in [0.717, 1.165) is 16.6 Å². The first-order chi connectivity index (χ1) is 9.20. The van der Waals surface area contributed by atoms with Crippen LogP contribution in [-0.2, 0) is 4.79 Å². The maximum absolute atomic E-state index is 12.3. The van der Waals surface area contributed by atoms with Gasteiger partial charge in [-0.05, 0) is 46.2 Å². The van der Waals surface area contributed by atoms with Crippen molar-refractivity contribution in [1.82, 2.24) is 14.9 Å². The minimum absolute atomic E-state index is 0.0632. The van der Waals surface area contributed by atoms with Crippen molar-refractivity contribution in [1.29, 1.82) is 0 Å². The van der Waals surface area contributed by atoms with Gasteiger partial charge < -0.3 is 11.1 Å². The highest BCUT2D eigenvalue weighted by atomic mass is 16.2. The van der Waals surface area contributed by atoms with E-state index in [1.165, 1.54) is 0 Å². The van der Waals surface area contributed by atoms with Gasteiger partial charge in [-0.3, -0.25) is 9.36 Å². The molecule has 0 radical (unpaired) electrons. The van der Waals surface area contributed by atoms with E-state index in [4.69, 9.17) is 5.73 Å². The van der Waals surface area contributed by atoms with Crippen LogP contribution in [0.2, 0.25) is 0 Å². The molecule has 3 N–H and O–H groups in total. The molecular formula is C15H22N4O. The average molecular weight is 274 g/mol. The Hall–Kier alpha value is -2.04. The van der Waals surface area contributed by atoms with E-state index < -0.39 is 6.04 Å². The quantitative estimate of drug-likeness (QED) is 0.883. The zero-order chi connectivity index (χ0) is 15.1. The second-order valence-electron chi connectivity index (χ2n) is 6.20. The topological polar surface area (TPSA) is 72.9 Å². The van der Waals surface area contributed by atoms with Crippen molar-refractivity contribution in [2.75, 3.05) is 5.73 Å². The van der Waals surface area contributed by atoms with Crippen molar-refractivity contribution in [2.45, 2.75) is 46.2 Å². The number of carbonyl (C=O) groups is 1. The smallest absolute Gasteiger partial charge is 0.243 e. The maximum Gasteiger partial charge on any atom is 0.243 e. The Morgan fingerprint density at radius 3 is 2.65 bits per heavy atom. The Morgan fingerprint density at radius 2 is 2.05 bits per heavy atom. The van der Waals surface area contributed by atoms with Crippen LogP contribution in [0.1, 0.15) is 39.3 Å². The summed E-state index contributed by atoms with van der Waals surface area (Å²) in [4.78, 5) is 16.7. The van der Waals surface area contributed by atoms with Crippen LogP contribution in [0, 0.1) is 6.92 Å². The molecule has 0 saturated carbocycles. The Kier molecular flexibility index (Phi) is 3.46. The van der Waals surface area contributed by atoms with Crippen molar-refractivity contribution in [3.8, 4) is 0 Å². The summed E-state index contributed by atoms with van der Waals surface area (Å²) in [5, 5.41) is 2.98. The molecule has 0 fully saturated rings. The number of rotatable bonds is 2. The minimum Gasteiger partial charge on any atom is -0.369 e. The Morgan fingerprint density at radius 1 is 1.40 bits per heavy atom. The first kappa shape index (κ1) is 14.4. The number of hydrogen-bond donors (Lipinski definition) is 2. The number of imidazole rings is 1. The van der Waals surface area contributed by atoms with Crippen molar-refractivity contribution < 1.29 is 4.79 Å². The van der Waals surface area contributed by atoms with E-state index in [9.17, 15) is 4.79 Å². The van der Waals surface area contributed by atoms with Gasteiger partial charge in [0.25, 0.3) is 0 Å². The number of para-hydroxylation sites is 1. The molecule has 1 amide bonds. The van der Waals surface area contributed by atoms with Crippen molar-refractivity contribution >= 4 is 22.9 Å². The number of benzene rings is 1. The summed E-state index contributed by atoms with van der Waals surface area (Å²) < 4.78 is 1.80. The lowest BCUT2D eigenvalue weighted by atomic mass is 10.1. The molecule has 1 aromatic carbocycles. The van der Waals surface area contributed by atoms with Crippen molar-refractivity contribution in [3.05, 3.63) is 23.8 Å². The monoisotopic (exact) mass is 274 g/mol. The average Bonchev–Trinajstić information content (AvgIpc) is 2.63. The molecule has 0 bridgehead atoms. The van der Waals surface area contributed by atoms with Gasteiger partial charge >= 0.3 is 0 Å². The number of nitrogens with two attached hydrogens (primary N) is 1. The summed E-state index contributed by atoms with van der Waals surface area (Å²) in [6.07, 6.45) is 0. The summed E-state index contributed by atoms with van der Waals surface area (Å²) in [5.41, 5.74) is 8.52. The highest BCUT2D eigenvalue weighted by Gasteiger charge is 2.24. The van der Waals surface area contributed by atoms with E-state index in [0.29, 0.717) is 5.95 Å². The summed E-state index contributed by atoms with van der Waals surface area (Å²) in [7, 11) is 0. The van der Waals surface area contributed by atoms with Crippen molar-refractivity contribution in [2.24, 2.45) is 0 Å². The third kappa shape index (κ3) is 2.61. The molecule has 20 heavy (non-hydrogen) atoms. The number of amides is 1. The van der Waals surface area contributed by atoms with Crippen LogP contribution >= 0.6 is 0 Å².